The van der Waals surface area contributed by atoms with Crippen LogP contribution in [0.2, 0.25) is 5.02 Å². The standard InChI is InChI=1S/C14H18ClFO2/c1-3-9(4-2)14(18)13(17)7-10-5-6-11(15)8-12(10)16/h5-6,8-9,14,18H,3-4,7H2,1-2H3. The van der Waals surface area contributed by atoms with Crippen LogP contribution >= 0.6 is 11.6 Å². The SMILES string of the molecule is CCC(CC)C(O)C(=O)Cc1ccc(Cl)cc1F. The highest BCUT2D eigenvalue weighted by atomic mass is 35.5. The van der Waals surface area contributed by atoms with Gasteiger partial charge in [-0.3, -0.25) is 4.79 Å². The number of aliphatic hydroxyl groups is 1. The van der Waals surface area contributed by atoms with Crippen molar-refractivity contribution in [1.29, 1.82) is 0 Å². The molecule has 0 radical (unpaired) electrons. The van der Waals surface area contributed by atoms with Crippen molar-refractivity contribution in [2.24, 2.45) is 5.92 Å². The summed E-state index contributed by atoms with van der Waals surface area (Å²) in [5.74, 6) is -0.912. The molecular weight excluding hydrogens is 255 g/mol. The van der Waals surface area contributed by atoms with Gasteiger partial charge in [-0.2, -0.15) is 0 Å². The maximum Gasteiger partial charge on any atom is 0.166 e. The van der Waals surface area contributed by atoms with Crippen molar-refractivity contribution in [2.45, 2.75) is 39.2 Å². The van der Waals surface area contributed by atoms with E-state index >= 15 is 0 Å². The Bertz CT molecular complexity index is 416. The van der Waals surface area contributed by atoms with Gasteiger partial charge in [-0.05, 0) is 23.6 Å². The van der Waals surface area contributed by atoms with Crippen molar-refractivity contribution in [3.63, 3.8) is 0 Å². The van der Waals surface area contributed by atoms with Crippen LogP contribution < -0.4 is 0 Å². The molecule has 0 heterocycles. The molecule has 2 nitrogen and oxygen atoms in total. The van der Waals surface area contributed by atoms with E-state index in [1.165, 1.54) is 18.2 Å². The van der Waals surface area contributed by atoms with E-state index in [1.807, 2.05) is 13.8 Å². The number of aliphatic hydroxyl groups excluding tert-OH is 1. The molecule has 18 heavy (non-hydrogen) atoms. The molecule has 1 N–H and O–H groups in total. The van der Waals surface area contributed by atoms with E-state index in [0.29, 0.717) is 5.02 Å². The van der Waals surface area contributed by atoms with Crippen LogP contribution in [0.25, 0.3) is 0 Å². The fraction of sp³-hybridized carbons (Fsp3) is 0.500. The number of ketones is 1. The zero-order valence-electron chi connectivity index (χ0n) is 10.6. The largest absolute Gasteiger partial charge is 0.385 e. The first kappa shape index (κ1) is 15.1. The summed E-state index contributed by atoms with van der Waals surface area (Å²) < 4.78 is 13.5. The van der Waals surface area contributed by atoms with Gasteiger partial charge in [-0.1, -0.05) is 44.4 Å². The second-order valence-corrected chi connectivity index (χ2v) is 4.84. The minimum absolute atomic E-state index is 0.0622. The van der Waals surface area contributed by atoms with Crippen LogP contribution in [0.1, 0.15) is 32.3 Å². The molecule has 0 aliphatic carbocycles. The fourth-order valence-electron chi connectivity index (χ4n) is 1.96. The summed E-state index contributed by atoms with van der Waals surface area (Å²) in [6.07, 6.45) is 0.342. The Morgan fingerprint density at radius 1 is 1.39 bits per heavy atom. The maximum absolute atomic E-state index is 13.5. The quantitative estimate of drug-likeness (QED) is 0.862. The Balaban J connectivity index is 2.75. The minimum Gasteiger partial charge on any atom is -0.385 e. The number of Topliss-reactive ketones (excluding diaryl/α,β-unsaturated/α-hetero) is 1. The number of benzene rings is 1. The molecule has 0 aromatic heterocycles. The Morgan fingerprint density at radius 2 is 2.00 bits per heavy atom. The molecule has 1 rings (SSSR count). The van der Waals surface area contributed by atoms with Crippen LogP contribution in [0.4, 0.5) is 4.39 Å². The first-order valence-corrected chi connectivity index (χ1v) is 6.52. The van der Waals surface area contributed by atoms with Gasteiger partial charge in [0.05, 0.1) is 0 Å². The third-order valence-corrected chi connectivity index (χ3v) is 3.44. The zero-order chi connectivity index (χ0) is 13.7. The van der Waals surface area contributed by atoms with Crippen molar-refractivity contribution in [3.05, 3.63) is 34.6 Å². The molecule has 0 spiro atoms. The van der Waals surface area contributed by atoms with Crippen molar-refractivity contribution >= 4 is 17.4 Å². The smallest absolute Gasteiger partial charge is 0.166 e. The lowest BCUT2D eigenvalue weighted by molar-refractivity contribution is -0.129. The number of carbonyl (C=O) groups is 1. The van der Waals surface area contributed by atoms with E-state index in [2.05, 4.69) is 0 Å². The summed E-state index contributed by atoms with van der Waals surface area (Å²) in [5.41, 5.74) is 0.273. The molecule has 0 aliphatic heterocycles. The second kappa shape index (κ2) is 6.86. The molecule has 0 amide bonds. The highest BCUT2D eigenvalue weighted by Gasteiger charge is 2.23. The zero-order valence-corrected chi connectivity index (χ0v) is 11.4. The van der Waals surface area contributed by atoms with Crippen LogP contribution in [0, 0.1) is 11.7 Å². The van der Waals surface area contributed by atoms with Crippen molar-refractivity contribution in [3.8, 4) is 0 Å². The third kappa shape index (κ3) is 3.79. The lowest BCUT2D eigenvalue weighted by atomic mass is 9.91. The fourth-order valence-corrected chi connectivity index (χ4v) is 2.11. The van der Waals surface area contributed by atoms with E-state index in [1.54, 1.807) is 0 Å². The predicted octanol–water partition coefficient (Wildman–Crippen LogP) is 3.39. The van der Waals surface area contributed by atoms with Gasteiger partial charge in [0.1, 0.15) is 11.9 Å². The number of halogens is 2. The number of hydrogen-bond donors (Lipinski definition) is 1. The molecule has 1 atom stereocenters. The van der Waals surface area contributed by atoms with Gasteiger partial charge in [0.2, 0.25) is 0 Å². The molecular formula is C14H18ClFO2. The normalized spacial score (nSPS) is 12.8. The first-order chi connectivity index (χ1) is 8.49. The van der Waals surface area contributed by atoms with Gasteiger partial charge in [0, 0.05) is 11.4 Å². The van der Waals surface area contributed by atoms with Crippen LogP contribution in [0.5, 0.6) is 0 Å². The molecule has 1 unspecified atom stereocenters. The summed E-state index contributed by atoms with van der Waals surface area (Å²) in [4.78, 5) is 11.9. The van der Waals surface area contributed by atoms with Crippen LogP contribution in [-0.2, 0) is 11.2 Å². The van der Waals surface area contributed by atoms with Crippen molar-refractivity contribution < 1.29 is 14.3 Å². The number of carbonyl (C=O) groups excluding carboxylic acids is 1. The molecule has 0 aliphatic rings. The molecule has 4 heteroatoms. The summed E-state index contributed by atoms with van der Waals surface area (Å²) in [6.45, 7) is 3.85. The Hall–Kier alpha value is -0.930. The summed E-state index contributed by atoms with van der Waals surface area (Å²) in [7, 11) is 0. The minimum atomic E-state index is -1.02. The lowest BCUT2D eigenvalue weighted by Gasteiger charge is -2.18. The van der Waals surface area contributed by atoms with Gasteiger partial charge in [-0.25, -0.2) is 4.39 Å². The summed E-state index contributed by atoms with van der Waals surface area (Å²) in [6, 6.07) is 4.19. The maximum atomic E-state index is 13.5. The molecule has 0 bridgehead atoms. The van der Waals surface area contributed by atoms with Gasteiger partial charge in [0.25, 0.3) is 0 Å². The summed E-state index contributed by atoms with van der Waals surface area (Å²) in [5, 5.41) is 10.2. The molecule has 1 aromatic rings. The van der Waals surface area contributed by atoms with Crippen LogP contribution in [-0.4, -0.2) is 17.0 Å². The van der Waals surface area contributed by atoms with Crippen LogP contribution in [0.3, 0.4) is 0 Å². The monoisotopic (exact) mass is 272 g/mol. The van der Waals surface area contributed by atoms with Gasteiger partial charge < -0.3 is 5.11 Å². The molecule has 100 valence electrons. The Kier molecular flexibility index (Phi) is 5.76. The molecule has 0 saturated heterocycles. The van der Waals surface area contributed by atoms with Gasteiger partial charge in [-0.15, -0.1) is 0 Å². The number of hydrogen-bond acceptors (Lipinski definition) is 2. The Morgan fingerprint density at radius 3 is 2.50 bits per heavy atom. The molecule has 1 aromatic carbocycles. The van der Waals surface area contributed by atoms with Crippen molar-refractivity contribution in [1.82, 2.24) is 0 Å². The topological polar surface area (TPSA) is 37.3 Å². The highest BCUT2D eigenvalue weighted by molar-refractivity contribution is 6.30. The predicted molar refractivity (Wildman–Crippen MR) is 70.2 cm³/mol. The van der Waals surface area contributed by atoms with Crippen molar-refractivity contribution in [2.75, 3.05) is 0 Å². The third-order valence-electron chi connectivity index (χ3n) is 3.20. The van der Waals surface area contributed by atoms with E-state index in [9.17, 15) is 14.3 Å². The van der Waals surface area contributed by atoms with E-state index in [4.69, 9.17) is 11.6 Å². The molecule has 0 saturated carbocycles. The van der Waals surface area contributed by atoms with Gasteiger partial charge in [0.15, 0.2) is 5.78 Å². The van der Waals surface area contributed by atoms with Crippen LogP contribution in [0.15, 0.2) is 18.2 Å². The van der Waals surface area contributed by atoms with E-state index < -0.39 is 11.9 Å². The van der Waals surface area contributed by atoms with E-state index in [0.717, 1.165) is 12.8 Å². The summed E-state index contributed by atoms with van der Waals surface area (Å²) >= 11 is 5.64. The average molecular weight is 273 g/mol. The number of rotatable bonds is 6. The lowest BCUT2D eigenvalue weighted by Crippen LogP contribution is -2.30. The molecule has 0 fully saturated rings. The van der Waals surface area contributed by atoms with Gasteiger partial charge >= 0.3 is 0 Å². The second-order valence-electron chi connectivity index (χ2n) is 4.40. The average Bonchev–Trinajstić information content (AvgIpc) is 2.34. The first-order valence-electron chi connectivity index (χ1n) is 6.14. The highest BCUT2D eigenvalue weighted by Crippen LogP contribution is 2.19. The van der Waals surface area contributed by atoms with E-state index in [-0.39, 0.29) is 23.7 Å². The Labute approximate surface area is 112 Å².